The van der Waals surface area contributed by atoms with E-state index in [1.165, 1.54) is 0 Å². The van der Waals surface area contributed by atoms with E-state index >= 15 is 0 Å². The molecule has 0 saturated carbocycles. The topological polar surface area (TPSA) is 0 Å². The molecule has 4 rings (SSSR count). The summed E-state index contributed by atoms with van der Waals surface area (Å²) in [6, 6.07) is 0. The molecular formula is S10Sb4. The van der Waals surface area contributed by atoms with Crippen molar-refractivity contribution < 1.29 is 0 Å². The standard InChI is InChI=1S/10S.4Sb. The van der Waals surface area contributed by atoms with Crippen LogP contribution < -0.4 is 0 Å². The van der Waals surface area contributed by atoms with Crippen LogP contribution in [0.5, 0.6) is 0 Å². The van der Waals surface area contributed by atoms with Gasteiger partial charge >= 0.3 is 123 Å². The summed E-state index contributed by atoms with van der Waals surface area (Å²) in [6.07, 6.45) is 0. The summed E-state index contributed by atoms with van der Waals surface area (Å²) in [4.78, 5) is 0. The van der Waals surface area contributed by atoms with E-state index < -0.39 is 50.5 Å². The second-order valence-corrected chi connectivity index (χ2v) is 174. The molecule has 0 aromatic rings. The maximum absolute atomic E-state index is 5.91. The first-order chi connectivity index (χ1) is 6.24. The van der Waals surface area contributed by atoms with Gasteiger partial charge in [-0.05, 0) is 0 Å². The Labute approximate surface area is 118 Å². The molecule has 0 radical (unpaired) electrons. The molecule has 0 amide bonds. The SMILES string of the molecule is [S]=[Sb]12[S][Sb]3(=[S])[S][Sb](=[S])([S]1)[S][Sb](=[S])([S]2)[S]3. The van der Waals surface area contributed by atoms with Crippen LogP contribution in [0, 0.1) is 0 Å². The van der Waals surface area contributed by atoms with Crippen molar-refractivity contribution in [3.8, 4) is 0 Å². The average molecular weight is 808 g/mol. The summed E-state index contributed by atoms with van der Waals surface area (Å²) in [7, 11) is 23.6. The minimum absolute atomic E-state index is 2.14. The van der Waals surface area contributed by atoms with E-state index in [0.717, 1.165) is 0 Å². The van der Waals surface area contributed by atoms with Crippen LogP contribution in [0.15, 0.2) is 0 Å². The summed E-state index contributed by atoms with van der Waals surface area (Å²) in [5.74, 6) is 12.9. The normalized spacial score (nSPS) is 65.7. The van der Waals surface area contributed by atoms with Crippen molar-refractivity contribution in [2.24, 2.45) is 0 Å². The van der Waals surface area contributed by atoms with Crippen LogP contribution in [0.1, 0.15) is 0 Å². The fourth-order valence-electron chi connectivity index (χ4n) is 0.914. The van der Waals surface area contributed by atoms with Gasteiger partial charge in [-0.1, -0.05) is 0 Å². The summed E-state index contributed by atoms with van der Waals surface area (Å²) in [5.41, 5.74) is 0. The van der Waals surface area contributed by atoms with Gasteiger partial charge in [-0.3, -0.25) is 0 Å². The quantitative estimate of drug-likeness (QED) is 0.307. The molecule has 0 aromatic heterocycles. The van der Waals surface area contributed by atoms with Crippen LogP contribution in [0.2, 0.25) is 0 Å². The van der Waals surface area contributed by atoms with Gasteiger partial charge in [0, 0.05) is 0 Å². The Bertz CT molecular complexity index is 344. The molecule has 0 aliphatic carbocycles. The third-order valence-corrected chi connectivity index (χ3v) is 486. The van der Waals surface area contributed by atoms with Crippen molar-refractivity contribution in [3.05, 3.63) is 0 Å². The van der Waals surface area contributed by atoms with Crippen LogP contribution >= 0.6 is 72.4 Å². The molecule has 0 unspecified atom stereocenters. The molecule has 14 heteroatoms. The molecule has 0 atom stereocenters. The number of hydrogen-bond donors (Lipinski definition) is 0. The molecule has 0 N–H and O–H groups in total. The second kappa shape index (κ2) is 4.88. The molecule has 4 heterocycles. The monoisotopic (exact) mass is 803 g/mol. The van der Waals surface area contributed by atoms with Gasteiger partial charge in [0.1, 0.15) is 0 Å². The van der Waals surface area contributed by atoms with Crippen molar-refractivity contribution in [2.45, 2.75) is 0 Å². The number of hydrogen-bond acceptors (Lipinski definition) is 10. The Hall–Kier alpha value is 6.25. The summed E-state index contributed by atoms with van der Waals surface area (Å²) >= 11 is -9.02. The molecule has 4 saturated heterocycles. The maximum atomic E-state index is 5.91. The first-order valence-corrected chi connectivity index (χ1v) is 58.8. The minimum atomic E-state index is -2.25. The van der Waals surface area contributed by atoms with E-state index in [9.17, 15) is 0 Å². The van der Waals surface area contributed by atoms with Gasteiger partial charge in [-0.15, -0.1) is 0 Å². The van der Waals surface area contributed by atoms with Crippen molar-refractivity contribution in [2.75, 3.05) is 0 Å². The summed E-state index contributed by atoms with van der Waals surface area (Å²) in [5, 5.41) is 0. The van der Waals surface area contributed by atoms with Gasteiger partial charge in [0.05, 0.1) is 0 Å². The van der Waals surface area contributed by atoms with Crippen LogP contribution in [0.3, 0.4) is 0 Å². The molecular weight excluding hydrogens is 808 g/mol. The Kier molecular flexibility index (Phi) is 5.28. The molecule has 14 heavy (non-hydrogen) atoms. The van der Waals surface area contributed by atoms with E-state index in [-0.39, 0.29) is 0 Å². The van der Waals surface area contributed by atoms with Gasteiger partial charge in [0.15, 0.2) is 0 Å². The average Bonchev–Trinajstić information content (AvgIpc) is 1.67. The van der Waals surface area contributed by atoms with Crippen LogP contribution in [0.4, 0.5) is 0 Å². The van der Waals surface area contributed by atoms with Crippen molar-refractivity contribution in [3.63, 3.8) is 0 Å². The van der Waals surface area contributed by atoms with E-state index in [0.29, 0.717) is 0 Å². The van der Waals surface area contributed by atoms with Crippen LogP contribution in [-0.2, 0) is 0 Å². The van der Waals surface area contributed by atoms with Crippen LogP contribution in [0.25, 0.3) is 0 Å². The van der Waals surface area contributed by atoms with Gasteiger partial charge in [0.2, 0.25) is 0 Å². The molecule has 0 aromatic carbocycles. The molecule has 4 fully saturated rings. The van der Waals surface area contributed by atoms with Crippen molar-refractivity contribution in [1.29, 1.82) is 0 Å². The predicted octanol–water partition coefficient (Wildman–Crippen LogP) is 4.96. The predicted molar refractivity (Wildman–Crippen MR) is 98.9 cm³/mol. The van der Waals surface area contributed by atoms with Gasteiger partial charge < -0.3 is 0 Å². The molecule has 0 spiro atoms. The van der Waals surface area contributed by atoms with Crippen molar-refractivity contribution in [1.82, 2.24) is 0 Å². The molecule has 4 bridgehead atoms. The third-order valence-electron chi connectivity index (χ3n) is 1.20. The molecule has 0 nitrogen and oxygen atoms in total. The molecule has 4 aliphatic heterocycles. The van der Waals surface area contributed by atoms with E-state index in [2.05, 4.69) is 35.6 Å². The van der Waals surface area contributed by atoms with Crippen molar-refractivity contribution >= 4 is 123 Å². The van der Waals surface area contributed by atoms with Gasteiger partial charge in [-0.2, -0.15) is 0 Å². The Balaban J connectivity index is 2.27. The van der Waals surface area contributed by atoms with E-state index in [4.69, 9.17) is 36.8 Å². The fourth-order valence-corrected chi connectivity index (χ4v) is 1380. The van der Waals surface area contributed by atoms with E-state index in [1.54, 1.807) is 0 Å². The fraction of sp³-hybridized carbons (Fsp3) is 0. The molecule has 4 aliphatic rings. The Morgan fingerprint density at radius 2 is 0.571 bits per heavy atom. The van der Waals surface area contributed by atoms with E-state index in [1.807, 2.05) is 0 Å². The zero-order valence-corrected chi connectivity index (χ0v) is 24.2. The van der Waals surface area contributed by atoms with Gasteiger partial charge in [0.25, 0.3) is 0 Å². The zero-order valence-electron chi connectivity index (χ0n) is 5.87. The first-order valence-electron chi connectivity index (χ1n) is 2.92. The Morgan fingerprint density at radius 3 is 0.714 bits per heavy atom. The molecule has 80 valence electrons. The summed E-state index contributed by atoms with van der Waals surface area (Å²) in [6.45, 7) is 0. The Morgan fingerprint density at radius 1 is 0.429 bits per heavy atom. The first kappa shape index (κ1) is 15.2. The third kappa shape index (κ3) is 3.04. The van der Waals surface area contributed by atoms with Gasteiger partial charge in [-0.25, -0.2) is 0 Å². The van der Waals surface area contributed by atoms with Crippen LogP contribution in [-0.4, -0.2) is 50.5 Å². The second-order valence-electron chi connectivity index (χ2n) is 2.28. The zero-order chi connectivity index (χ0) is 10.2. The summed E-state index contributed by atoms with van der Waals surface area (Å²) < 4.78 is 0. The number of rotatable bonds is 0.